The summed E-state index contributed by atoms with van der Waals surface area (Å²) in [7, 11) is 0. The van der Waals surface area contributed by atoms with Gasteiger partial charge in [-0.05, 0) is 31.7 Å². The van der Waals surface area contributed by atoms with Crippen molar-refractivity contribution < 1.29 is 9.72 Å². The quantitative estimate of drug-likeness (QED) is 0.507. The van der Waals surface area contributed by atoms with Gasteiger partial charge in [0, 0.05) is 33.6 Å². The van der Waals surface area contributed by atoms with E-state index >= 15 is 0 Å². The molecule has 1 aromatic carbocycles. The summed E-state index contributed by atoms with van der Waals surface area (Å²) in [5.41, 5.74) is 0.188. The van der Waals surface area contributed by atoms with Crippen molar-refractivity contribution >= 4 is 39.1 Å². The van der Waals surface area contributed by atoms with Gasteiger partial charge < -0.3 is 5.32 Å². The van der Waals surface area contributed by atoms with Crippen LogP contribution in [0.2, 0.25) is 0 Å². The zero-order valence-corrected chi connectivity index (χ0v) is 13.0. The number of amides is 1. The summed E-state index contributed by atoms with van der Waals surface area (Å²) in [6.45, 7) is 0. The Morgan fingerprint density at radius 2 is 1.95 bits per heavy atom. The second-order valence-corrected chi connectivity index (χ2v) is 6.41. The lowest BCUT2D eigenvalue weighted by Crippen LogP contribution is -2.37. The molecule has 1 saturated carbocycles. The number of non-ortho nitro benzene ring substituents is 1. The molecule has 0 aromatic heterocycles. The van der Waals surface area contributed by atoms with Crippen LogP contribution in [0.5, 0.6) is 0 Å². The molecule has 1 fully saturated rings. The van der Waals surface area contributed by atoms with E-state index in [4.69, 9.17) is 11.6 Å². The molecule has 1 aromatic rings. The number of nitrogens with zero attached hydrogens (tertiary/aromatic N) is 1. The molecule has 0 bridgehead atoms. The lowest BCUT2D eigenvalue weighted by Gasteiger charge is -2.25. The fourth-order valence-corrected chi connectivity index (χ4v) is 3.01. The van der Waals surface area contributed by atoms with Crippen LogP contribution in [-0.2, 0) is 0 Å². The van der Waals surface area contributed by atoms with Gasteiger partial charge in [0.2, 0.25) is 0 Å². The number of hydrogen-bond acceptors (Lipinski definition) is 3. The van der Waals surface area contributed by atoms with E-state index in [-0.39, 0.29) is 23.0 Å². The Hall–Kier alpha value is -1.14. The van der Waals surface area contributed by atoms with E-state index in [1.54, 1.807) is 6.07 Å². The van der Waals surface area contributed by atoms with Gasteiger partial charge >= 0.3 is 0 Å². The summed E-state index contributed by atoms with van der Waals surface area (Å²) in [5.74, 6) is -0.285. The van der Waals surface area contributed by atoms with Crippen LogP contribution in [0.4, 0.5) is 5.69 Å². The van der Waals surface area contributed by atoms with E-state index in [9.17, 15) is 14.9 Å². The maximum absolute atomic E-state index is 12.1. The van der Waals surface area contributed by atoms with Gasteiger partial charge in [-0.3, -0.25) is 14.9 Å². The molecule has 1 N–H and O–H groups in total. The number of benzene rings is 1. The summed E-state index contributed by atoms with van der Waals surface area (Å²) in [6, 6.07) is 4.33. The lowest BCUT2D eigenvalue weighted by molar-refractivity contribution is -0.385. The topological polar surface area (TPSA) is 72.2 Å². The van der Waals surface area contributed by atoms with Gasteiger partial charge in [0.1, 0.15) is 0 Å². The summed E-state index contributed by atoms with van der Waals surface area (Å²) < 4.78 is 0.515. The fraction of sp³-hybridized carbons (Fsp3) is 0.462. The van der Waals surface area contributed by atoms with Crippen LogP contribution in [0, 0.1) is 10.1 Å². The molecule has 0 spiro atoms. The average Bonchev–Trinajstić information content (AvgIpc) is 2.40. The normalized spacial score (nSPS) is 22.3. The number of hydrogen-bond donors (Lipinski definition) is 1. The molecule has 0 aliphatic heterocycles. The first kappa shape index (κ1) is 15.3. The third-order valence-electron chi connectivity index (χ3n) is 3.35. The van der Waals surface area contributed by atoms with E-state index in [2.05, 4.69) is 21.2 Å². The molecular weight excluding hydrogens is 348 g/mol. The average molecular weight is 362 g/mol. The van der Waals surface area contributed by atoms with Crippen LogP contribution in [0.1, 0.15) is 36.0 Å². The predicted molar refractivity (Wildman–Crippen MR) is 80.2 cm³/mol. The maximum Gasteiger partial charge on any atom is 0.271 e. The van der Waals surface area contributed by atoms with E-state index in [1.165, 1.54) is 12.1 Å². The molecule has 7 heteroatoms. The van der Waals surface area contributed by atoms with Crippen molar-refractivity contribution in [3.05, 3.63) is 38.3 Å². The third kappa shape index (κ3) is 3.93. The van der Waals surface area contributed by atoms with E-state index in [0.29, 0.717) is 10.0 Å². The van der Waals surface area contributed by atoms with Crippen LogP contribution < -0.4 is 5.32 Å². The molecule has 0 atom stereocenters. The number of nitro groups is 1. The van der Waals surface area contributed by atoms with E-state index in [0.717, 1.165) is 25.7 Å². The van der Waals surface area contributed by atoms with Gasteiger partial charge in [-0.25, -0.2) is 0 Å². The van der Waals surface area contributed by atoms with Crippen molar-refractivity contribution in [3.8, 4) is 0 Å². The van der Waals surface area contributed by atoms with Gasteiger partial charge in [0.15, 0.2) is 0 Å². The molecular formula is C13H14BrClN2O3. The molecule has 5 nitrogen and oxygen atoms in total. The summed E-state index contributed by atoms with van der Waals surface area (Å²) in [4.78, 5) is 22.4. The number of carbonyl (C=O) groups excluding carboxylic acids is 1. The molecule has 1 aliphatic carbocycles. The Morgan fingerprint density at radius 1 is 1.30 bits per heavy atom. The highest BCUT2D eigenvalue weighted by atomic mass is 79.9. The van der Waals surface area contributed by atoms with E-state index < -0.39 is 4.92 Å². The zero-order valence-electron chi connectivity index (χ0n) is 10.6. The molecule has 2 rings (SSSR count). The number of nitro benzene ring substituents is 1. The number of rotatable bonds is 3. The van der Waals surface area contributed by atoms with Crippen molar-refractivity contribution in [3.63, 3.8) is 0 Å². The highest BCUT2D eigenvalue weighted by Gasteiger charge is 2.22. The number of alkyl halides is 1. The van der Waals surface area contributed by atoms with Gasteiger partial charge in [-0.2, -0.15) is 0 Å². The van der Waals surface area contributed by atoms with Crippen molar-refractivity contribution in [1.82, 2.24) is 5.32 Å². The summed E-state index contributed by atoms with van der Waals surface area (Å²) >= 11 is 9.20. The molecule has 0 unspecified atom stereocenters. The Kier molecular flexibility index (Phi) is 4.99. The molecule has 1 amide bonds. The predicted octanol–water partition coefficient (Wildman–Crippen LogP) is 3.64. The smallest absolute Gasteiger partial charge is 0.271 e. The third-order valence-corrected chi connectivity index (χ3v) is 4.24. The first-order chi connectivity index (χ1) is 9.45. The molecule has 20 heavy (non-hydrogen) atoms. The summed E-state index contributed by atoms with van der Waals surface area (Å²) in [5, 5.41) is 13.9. The largest absolute Gasteiger partial charge is 0.349 e. The molecule has 0 radical (unpaired) electrons. The van der Waals surface area contributed by atoms with Crippen molar-refractivity contribution in [2.45, 2.75) is 37.1 Å². The molecule has 108 valence electrons. The second-order valence-electron chi connectivity index (χ2n) is 4.88. The minimum atomic E-state index is -0.514. The number of halogens is 2. The van der Waals surface area contributed by atoms with Crippen LogP contribution in [0.15, 0.2) is 22.7 Å². The Bertz CT molecular complexity index is 530. The van der Waals surface area contributed by atoms with Gasteiger partial charge in [-0.1, -0.05) is 15.9 Å². The minimum Gasteiger partial charge on any atom is -0.349 e. The fourth-order valence-electron chi connectivity index (χ4n) is 2.28. The first-order valence-corrected chi connectivity index (χ1v) is 7.58. The molecule has 0 heterocycles. The Balaban J connectivity index is 2.07. The minimum absolute atomic E-state index is 0.0931. The van der Waals surface area contributed by atoms with Gasteiger partial charge in [-0.15, -0.1) is 11.6 Å². The van der Waals surface area contributed by atoms with Gasteiger partial charge in [0.05, 0.1) is 4.92 Å². The number of carbonyl (C=O) groups is 1. The highest BCUT2D eigenvalue weighted by Crippen LogP contribution is 2.24. The van der Waals surface area contributed by atoms with Crippen molar-refractivity contribution in [1.29, 1.82) is 0 Å². The standard InChI is InChI=1S/C13H14BrClN2O3/c14-9-5-8(6-12(7-9)17(19)20)13(18)16-11-3-1-10(15)2-4-11/h5-7,10-11H,1-4H2,(H,16,18). The maximum atomic E-state index is 12.1. The van der Waals surface area contributed by atoms with E-state index in [1.807, 2.05) is 0 Å². The highest BCUT2D eigenvalue weighted by molar-refractivity contribution is 9.10. The van der Waals surface area contributed by atoms with Crippen LogP contribution in [0.3, 0.4) is 0 Å². The monoisotopic (exact) mass is 360 g/mol. The van der Waals surface area contributed by atoms with Gasteiger partial charge in [0.25, 0.3) is 11.6 Å². The van der Waals surface area contributed by atoms with Crippen LogP contribution in [-0.4, -0.2) is 22.2 Å². The molecule has 0 saturated heterocycles. The SMILES string of the molecule is O=C(NC1CCC(Cl)CC1)c1cc(Br)cc([N+](=O)[O-])c1. The number of nitrogens with one attached hydrogen (secondary N) is 1. The van der Waals surface area contributed by atoms with Crippen LogP contribution >= 0.6 is 27.5 Å². The second kappa shape index (κ2) is 6.54. The molecule has 1 aliphatic rings. The summed E-state index contributed by atoms with van der Waals surface area (Å²) in [6.07, 6.45) is 3.45. The first-order valence-electron chi connectivity index (χ1n) is 6.35. The Morgan fingerprint density at radius 3 is 2.55 bits per heavy atom. The van der Waals surface area contributed by atoms with Crippen molar-refractivity contribution in [2.24, 2.45) is 0 Å². The Labute approximate surface area is 130 Å². The van der Waals surface area contributed by atoms with Crippen molar-refractivity contribution in [2.75, 3.05) is 0 Å². The van der Waals surface area contributed by atoms with Crippen LogP contribution in [0.25, 0.3) is 0 Å². The lowest BCUT2D eigenvalue weighted by atomic mass is 9.95. The zero-order chi connectivity index (χ0) is 14.7.